The van der Waals surface area contributed by atoms with E-state index in [1.54, 1.807) is 0 Å². The summed E-state index contributed by atoms with van der Waals surface area (Å²) in [5.41, 5.74) is 2.04. The number of aromatic nitrogens is 2. The number of aliphatic hydroxyl groups excluding tert-OH is 1. The van der Waals surface area contributed by atoms with Crippen LogP contribution in [0.5, 0.6) is 0 Å². The lowest BCUT2D eigenvalue weighted by atomic mass is 9.95. The summed E-state index contributed by atoms with van der Waals surface area (Å²) in [5, 5.41) is 14.8. The minimum absolute atomic E-state index is 0.0363. The Morgan fingerprint density at radius 3 is 2.68 bits per heavy atom. The Labute approximate surface area is 118 Å². The van der Waals surface area contributed by atoms with Crippen LogP contribution < -0.4 is 0 Å². The van der Waals surface area contributed by atoms with Gasteiger partial charge in [-0.2, -0.15) is 5.10 Å². The van der Waals surface area contributed by atoms with Crippen molar-refractivity contribution in [1.82, 2.24) is 9.78 Å². The van der Waals surface area contributed by atoms with Crippen molar-refractivity contribution in [1.29, 1.82) is 0 Å². The summed E-state index contributed by atoms with van der Waals surface area (Å²) in [5.74, 6) is 0.0363. The van der Waals surface area contributed by atoms with Crippen LogP contribution in [0.1, 0.15) is 37.1 Å². The van der Waals surface area contributed by atoms with Crippen LogP contribution >= 0.6 is 11.6 Å². The van der Waals surface area contributed by atoms with Crippen molar-refractivity contribution in [2.24, 2.45) is 0 Å². The smallest absolute Gasteiger partial charge is 0.0631 e. The van der Waals surface area contributed by atoms with Gasteiger partial charge in [0.15, 0.2) is 0 Å². The summed E-state index contributed by atoms with van der Waals surface area (Å²) in [6, 6.07) is 10.0. The molecule has 0 aliphatic rings. The molecule has 1 aromatic carbocycles. The van der Waals surface area contributed by atoms with Gasteiger partial charge in [0.25, 0.3) is 0 Å². The highest BCUT2D eigenvalue weighted by molar-refractivity contribution is 6.30. The van der Waals surface area contributed by atoms with E-state index in [2.05, 4.69) is 18.9 Å². The topological polar surface area (TPSA) is 38.0 Å². The lowest BCUT2D eigenvalue weighted by Gasteiger charge is -2.13. The van der Waals surface area contributed by atoms with Crippen LogP contribution in [-0.4, -0.2) is 21.5 Å². The van der Waals surface area contributed by atoms with Crippen LogP contribution in [0.3, 0.4) is 0 Å². The Bertz CT molecular complexity index is 536. The van der Waals surface area contributed by atoms with Crippen molar-refractivity contribution in [3.8, 4) is 0 Å². The van der Waals surface area contributed by atoms with Crippen LogP contribution in [0.4, 0.5) is 0 Å². The van der Waals surface area contributed by atoms with Crippen molar-refractivity contribution in [2.45, 2.75) is 32.2 Å². The molecule has 0 spiro atoms. The first-order chi connectivity index (χ1) is 9.10. The quantitative estimate of drug-likeness (QED) is 0.910. The van der Waals surface area contributed by atoms with E-state index in [1.807, 2.05) is 41.2 Å². The second-order valence-corrected chi connectivity index (χ2v) is 5.46. The molecule has 2 aromatic rings. The molecule has 1 atom stereocenters. The number of halogens is 1. The van der Waals surface area contributed by atoms with E-state index in [4.69, 9.17) is 11.6 Å². The van der Waals surface area contributed by atoms with Gasteiger partial charge in [0.2, 0.25) is 0 Å². The minimum Gasteiger partial charge on any atom is -0.396 e. The van der Waals surface area contributed by atoms with E-state index in [0.29, 0.717) is 11.1 Å². The predicted octanol–water partition coefficient (Wildman–Crippen LogP) is 3.44. The van der Waals surface area contributed by atoms with Crippen molar-refractivity contribution in [3.05, 3.63) is 52.8 Å². The largest absolute Gasteiger partial charge is 0.396 e. The monoisotopic (exact) mass is 278 g/mol. The molecule has 102 valence electrons. The van der Waals surface area contributed by atoms with Gasteiger partial charge in [-0.3, -0.25) is 4.68 Å². The first-order valence-corrected chi connectivity index (χ1v) is 6.88. The van der Waals surface area contributed by atoms with E-state index in [-0.39, 0.29) is 12.5 Å². The third-order valence-electron chi connectivity index (χ3n) is 3.19. The summed E-state index contributed by atoms with van der Waals surface area (Å²) in [4.78, 5) is 0. The minimum atomic E-state index is 0.0363. The van der Waals surface area contributed by atoms with Crippen LogP contribution in [0.25, 0.3) is 0 Å². The van der Waals surface area contributed by atoms with Gasteiger partial charge in [0.05, 0.1) is 12.3 Å². The van der Waals surface area contributed by atoms with Crippen LogP contribution in [0.2, 0.25) is 5.02 Å². The maximum Gasteiger partial charge on any atom is 0.0631 e. The molecule has 0 amide bonds. The third kappa shape index (κ3) is 3.58. The zero-order valence-electron chi connectivity index (χ0n) is 11.3. The lowest BCUT2D eigenvalue weighted by molar-refractivity contribution is 0.263. The molecule has 0 bridgehead atoms. The lowest BCUT2D eigenvalue weighted by Crippen LogP contribution is -2.09. The Morgan fingerprint density at radius 1 is 1.32 bits per heavy atom. The van der Waals surface area contributed by atoms with Crippen LogP contribution in [0.15, 0.2) is 36.5 Å². The van der Waals surface area contributed by atoms with Gasteiger partial charge >= 0.3 is 0 Å². The zero-order valence-corrected chi connectivity index (χ0v) is 12.0. The third-order valence-corrected chi connectivity index (χ3v) is 3.42. The molecule has 1 aromatic heterocycles. The summed E-state index contributed by atoms with van der Waals surface area (Å²) in [6.45, 7) is 4.28. The fraction of sp³-hybridized carbons (Fsp3) is 0.400. The molecule has 19 heavy (non-hydrogen) atoms. The average molecular weight is 279 g/mol. The highest BCUT2D eigenvalue weighted by Crippen LogP contribution is 2.23. The molecule has 0 aliphatic carbocycles. The van der Waals surface area contributed by atoms with Crippen LogP contribution in [-0.2, 0) is 6.42 Å². The van der Waals surface area contributed by atoms with E-state index in [0.717, 1.165) is 17.7 Å². The fourth-order valence-electron chi connectivity index (χ4n) is 2.07. The molecule has 3 nitrogen and oxygen atoms in total. The molecule has 4 heteroatoms. The second-order valence-electron chi connectivity index (χ2n) is 5.02. The van der Waals surface area contributed by atoms with Gasteiger partial charge in [-0.25, -0.2) is 0 Å². The molecule has 1 heterocycles. The molecule has 0 saturated carbocycles. The number of aliphatic hydroxyl groups is 1. The SMILES string of the molecule is CC(C)n1ccc(CC(CO)c2cccc(Cl)c2)n1. The average Bonchev–Trinajstić information content (AvgIpc) is 2.84. The Hall–Kier alpha value is -1.32. The molecule has 0 aliphatic heterocycles. The number of rotatable bonds is 5. The molecule has 2 rings (SSSR count). The zero-order chi connectivity index (χ0) is 13.8. The van der Waals surface area contributed by atoms with E-state index in [1.165, 1.54) is 0 Å². The summed E-state index contributed by atoms with van der Waals surface area (Å²) in [7, 11) is 0. The van der Waals surface area contributed by atoms with Gasteiger partial charge in [-0.05, 0) is 37.6 Å². The van der Waals surface area contributed by atoms with Crippen molar-refractivity contribution >= 4 is 11.6 Å². The van der Waals surface area contributed by atoms with Gasteiger partial charge in [0.1, 0.15) is 0 Å². The van der Waals surface area contributed by atoms with E-state index in [9.17, 15) is 5.11 Å². The highest BCUT2D eigenvalue weighted by atomic mass is 35.5. The van der Waals surface area contributed by atoms with Crippen molar-refractivity contribution in [2.75, 3.05) is 6.61 Å². The number of hydrogen-bond donors (Lipinski definition) is 1. The van der Waals surface area contributed by atoms with Gasteiger partial charge < -0.3 is 5.11 Å². The van der Waals surface area contributed by atoms with Crippen molar-refractivity contribution in [3.63, 3.8) is 0 Å². The molecular weight excluding hydrogens is 260 g/mol. The predicted molar refractivity (Wildman–Crippen MR) is 77.6 cm³/mol. The molecule has 1 unspecified atom stereocenters. The second kappa shape index (κ2) is 6.22. The Kier molecular flexibility index (Phi) is 4.61. The molecule has 0 saturated heterocycles. The van der Waals surface area contributed by atoms with Crippen LogP contribution in [0, 0.1) is 0 Å². The van der Waals surface area contributed by atoms with Gasteiger partial charge in [-0.15, -0.1) is 0 Å². The number of hydrogen-bond acceptors (Lipinski definition) is 2. The number of benzene rings is 1. The normalized spacial score (nSPS) is 12.9. The molecular formula is C15H19ClN2O. The number of nitrogens with zero attached hydrogens (tertiary/aromatic N) is 2. The van der Waals surface area contributed by atoms with Gasteiger partial charge in [0, 0.05) is 29.6 Å². The standard InChI is InChI=1S/C15H19ClN2O/c1-11(2)18-7-6-15(17-18)9-13(10-19)12-4-3-5-14(16)8-12/h3-8,11,13,19H,9-10H2,1-2H3. The molecule has 1 N–H and O–H groups in total. The maximum atomic E-state index is 9.57. The Morgan fingerprint density at radius 2 is 2.11 bits per heavy atom. The fourth-order valence-corrected chi connectivity index (χ4v) is 2.27. The Balaban J connectivity index is 2.14. The summed E-state index contributed by atoms with van der Waals surface area (Å²) in [6.07, 6.45) is 2.70. The summed E-state index contributed by atoms with van der Waals surface area (Å²) >= 11 is 5.99. The van der Waals surface area contributed by atoms with Gasteiger partial charge in [-0.1, -0.05) is 23.7 Å². The highest BCUT2D eigenvalue weighted by Gasteiger charge is 2.14. The van der Waals surface area contributed by atoms with E-state index >= 15 is 0 Å². The molecule has 0 radical (unpaired) electrons. The summed E-state index contributed by atoms with van der Waals surface area (Å²) < 4.78 is 1.93. The first kappa shape index (κ1) is 14.1. The van der Waals surface area contributed by atoms with E-state index < -0.39 is 0 Å². The molecule has 0 fully saturated rings. The maximum absolute atomic E-state index is 9.57. The first-order valence-electron chi connectivity index (χ1n) is 6.50. The van der Waals surface area contributed by atoms with Crippen molar-refractivity contribution < 1.29 is 5.11 Å².